The Morgan fingerprint density at radius 2 is 2.19 bits per heavy atom. The van der Waals surface area contributed by atoms with Gasteiger partial charge in [-0.3, -0.25) is 5.32 Å². The van der Waals surface area contributed by atoms with Crippen LogP contribution in [0.3, 0.4) is 0 Å². The molecule has 0 amide bonds. The molecule has 2 rings (SSSR count). The number of nitrogens with zero attached hydrogens (tertiary/aromatic N) is 1. The molecule has 0 saturated heterocycles. The Morgan fingerprint density at radius 3 is 2.86 bits per heavy atom. The number of nitriles is 1. The van der Waals surface area contributed by atoms with Crippen LogP contribution in [-0.2, 0) is 0 Å². The average molecular weight is 302 g/mol. The van der Waals surface area contributed by atoms with Crippen LogP contribution in [0.15, 0.2) is 23.1 Å². The Hall–Kier alpha value is -0.980. The molecule has 1 aromatic carbocycles. The summed E-state index contributed by atoms with van der Waals surface area (Å²) in [5.41, 5.74) is 2.40. The van der Waals surface area contributed by atoms with Crippen molar-refractivity contribution in [2.24, 2.45) is 0 Å². The number of thioether (sulfide) groups is 1. The highest BCUT2D eigenvalue weighted by Crippen LogP contribution is 2.38. The van der Waals surface area contributed by atoms with Crippen LogP contribution in [0.5, 0.6) is 0 Å². The molecule has 0 radical (unpaired) electrons. The summed E-state index contributed by atoms with van der Waals surface area (Å²) in [6, 6.07) is 9.26. The van der Waals surface area contributed by atoms with Crippen molar-refractivity contribution < 1.29 is 0 Å². The average Bonchev–Trinajstić information content (AvgIpc) is 2.49. The van der Waals surface area contributed by atoms with Gasteiger partial charge in [0.25, 0.3) is 0 Å². The SMILES string of the molecule is CCCNC1(C#N)CCCC(Sc2ccc(C)c(C)c2)C1. The van der Waals surface area contributed by atoms with Crippen LogP contribution in [0.2, 0.25) is 0 Å². The summed E-state index contributed by atoms with van der Waals surface area (Å²) in [5.74, 6) is 0. The zero-order valence-corrected chi connectivity index (χ0v) is 14.2. The van der Waals surface area contributed by atoms with Crippen LogP contribution < -0.4 is 5.32 Å². The number of rotatable bonds is 5. The maximum Gasteiger partial charge on any atom is 0.107 e. The Labute approximate surface area is 133 Å². The van der Waals surface area contributed by atoms with Gasteiger partial charge in [-0.05, 0) is 75.8 Å². The second-order valence-corrected chi connectivity index (χ2v) is 7.58. The lowest BCUT2D eigenvalue weighted by Gasteiger charge is -2.36. The maximum absolute atomic E-state index is 9.61. The number of nitrogens with one attached hydrogen (secondary N) is 1. The third-order valence-electron chi connectivity index (χ3n) is 4.41. The van der Waals surface area contributed by atoms with Crippen LogP contribution in [-0.4, -0.2) is 17.3 Å². The Morgan fingerprint density at radius 1 is 1.38 bits per heavy atom. The van der Waals surface area contributed by atoms with Gasteiger partial charge in [-0.25, -0.2) is 0 Å². The lowest BCUT2D eigenvalue weighted by Crippen LogP contribution is -2.48. The van der Waals surface area contributed by atoms with Gasteiger partial charge in [0.1, 0.15) is 5.54 Å². The summed E-state index contributed by atoms with van der Waals surface area (Å²) in [4.78, 5) is 1.34. The largest absolute Gasteiger partial charge is 0.299 e. The fraction of sp³-hybridized carbons (Fsp3) is 0.611. The molecule has 0 aromatic heterocycles. The van der Waals surface area contributed by atoms with E-state index in [0.29, 0.717) is 5.25 Å². The topological polar surface area (TPSA) is 35.8 Å². The van der Waals surface area contributed by atoms with Crippen molar-refractivity contribution in [1.82, 2.24) is 5.32 Å². The van der Waals surface area contributed by atoms with Gasteiger partial charge in [-0.1, -0.05) is 13.0 Å². The minimum atomic E-state index is -0.300. The smallest absolute Gasteiger partial charge is 0.107 e. The van der Waals surface area contributed by atoms with E-state index >= 15 is 0 Å². The minimum Gasteiger partial charge on any atom is -0.299 e. The van der Waals surface area contributed by atoms with Crippen LogP contribution in [0.1, 0.15) is 50.2 Å². The molecule has 1 aliphatic carbocycles. The van der Waals surface area contributed by atoms with Crippen molar-refractivity contribution in [3.8, 4) is 6.07 Å². The first-order valence-electron chi connectivity index (χ1n) is 7.99. The molecule has 1 fully saturated rings. The molecule has 2 atom stereocenters. The predicted octanol–water partition coefficient (Wildman–Crippen LogP) is 4.60. The number of aryl methyl sites for hydroxylation is 2. The van der Waals surface area contributed by atoms with Crippen molar-refractivity contribution >= 4 is 11.8 Å². The normalized spacial score (nSPS) is 25.5. The zero-order valence-electron chi connectivity index (χ0n) is 13.4. The van der Waals surface area contributed by atoms with E-state index < -0.39 is 0 Å². The van der Waals surface area contributed by atoms with E-state index in [1.165, 1.54) is 22.4 Å². The standard InChI is InChI=1S/C18H26N2S/c1-4-10-20-18(13-19)9-5-6-17(12-18)21-16-8-7-14(2)15(3)11-16/h7-8,11,17,20H,4-6,9-10,12H2,1-3H3. The van der Waals surface area contributed by atoms with Gasteiger partial charge in [0.2, 0.25) is 0 Å². The lowest BCUT2D eigenvalue weighted by molar-refractivity contribution is 0.305. The highest BCUT2D eigenvalue weighted by molar-refractivity contribution is 8.00. The summed E-state index contributed by atoms with van der Waals surface area (Å²) < 4.78 is 0. The summed E-state index contributed by atoms with van der Waals surface area (Å²) in [7, 11) is 0. The monoisotopic (exact) mass is 302 g/mol. The van der Waals surface area contributed by atoms with Crippen LogP contribution in [0.4, 0.5) is 0 Å². The Balaban J connectivity index is 2.03. The Bertz CT molecular complexity index is 520. The molecular formula is C18H26N2S. The third-order valence-corrected chi connectivity index (χ3v) is 5.68. The molecule has 0 heterocycles. The van der Waals surface area contributed by atoms with E-state index in [1.54, 1.807) is 0 Å². The predicted molar refractivity (Wildman–Crippen MR) is 90.7 cm³/mol. The van der Waals surface area contributed by atoms with Gasteiger partial charge in [0.15, 0.2) is 0 Å². The van der Waals surface area contributed by atoms with Crippen molar-refractivity contribution in [2.45, 2.75) is 68.6 Å². The van der Waals surface area contributed by atoms with Crippen LogP contribution in [0, 0.1) is 25.2 Å². The van der Waals surface area contributed by atoms with E-state index in [2.05, 4.69) is 50.4 Å². The number of hydrogen-bond acceptors (Lipinski definition) is 3. The summed E-state index contributed by atoms with van der Waals surface area (Å²) in [5, 5.41) is 13.7. The van der Waals surface area contributed by atoms with Gasteiger partial charge in [-0.2, -0.15) is 5.26 Å². The second-order valence-electron chi connectivity index (χ2n) is 6.20. The summed E-state index contributed by atoms with van der Waals surface area (Å²) in [6.07, 6.45) is 5.40. The third kappa shape index (κ3) is 4.25. The first-order chi connectivity index (χ1) is 10.1. The van der Waals surface area contributed by atoms with Crippen molar-refractivity contribution in [1.29, 1.82) is 5.26 Å². The quantitative estimate of drug-likeness (QED) is 0.863. The molecule has 1 aromatic rings. The molecule has 1 saturated carbocycles. The van der Waals surface area contributed by atoms with Crippen molar-refractivity contribution in [3.05, 3.63) is 29.3 Å². The molecule has 0 aliphatic heterocycles. The zero-order chi connectivity index (χ0) is 15.3. The molecule has 0 bridgehead atoms. The highest BCUT2D eigenvalue weighted by atomic mass is 32.2. The molecule has 21 heavy (non-hydrogen) atoms. The summed E-state index contributed by atoms with van der Waals surface area (Å²) >= 11 is 1.95. The van der Waals surface area contributed by atoms with Gasteiger partial charge >= 0.3 is 0 Å². The molecule has 2 nitrogen and oxygen atoms in total. The van der Waals surface area contributed by atoms with Crippen LogP contribution in [0.25, 0.3) is 0 Å². The van der Waals surface area contributed by atoms with Gasteiger partial charge in [0.05, 0.1) is 6.07 Å². The van der Waals surface area contributed by atoms with Crippen molar-refractivity contribution in [2.75, 3.05) is 6.54 Å². The molecular weight excluding hydrogens is 276 g/mol. The molecule has 3 heteroatoms. The first kappa shape index (κ1) is 16.4. The summed E-state index contributed by atoms with van der Waals surface area (Å²) in [6.45, 7) is 7.42. The van der Waals surface area contributed by atoms with Crippen molar-refractivity contribution in [3.63, 3.8) is 0 Å². The molecule has 1 aliphatic rings. The van der Waals surface area contributed by atoms with Gasteiger partial charge in [0, 0.05) is 10.1 Å². The van der Waals surface area contributed by atoms with E-state index in [1.807, 2.05) is 11.8 Å². The minimum absolute atomic E-state index is 0.300. The highest BCUT2D eigenvalue weighted by Gasteiger charge is 2.36. The molecule has 0 spiro atoms. The van der Waals surface area contributed by atoms with E-state index in [0.717, 1.165) is 32.2 Å². The first-order valence-corrected chi connectivity index (χ1v) is 8.87. The van der Waals surface area contributed by atoms with Crippen LogP contribution >= 0.6 is 11.8 Å². The fourth-order valence-corrected chi connectivity index (χ4v) is 4.40. The second kappa shape index (κ2) is 7.33. The van der Waals surface area contributed by atoms with Gasteiger partial charge in [-0.15, -0.1) is 11.8 Å². The maximum atomic E-state index is 9.61. The van der Waals surface area contributed by atoms with E-state index in [9.17, 15) is 5.26 Å². The molecule has 1 N–H and O–H groups in total. The Kier molecular flexibility index (Phi) is 5.72. The van der Waals surface area contributed by atoms with Gasteiger partial charge < -0.3 is 0 Å². The number of benzene rings is 1. The van der Waals surface area contributed by atoms with E-state index in [-0.39, 0.29) is 5.54 Å². The molecule has 2 unspecified atom stereocenters. The number of hydrogen-bond donors (Lipinski definition) is 1. The molecule has 114 valence electrons. The fourth-order valence-electron chi connectivity index (χ4n) is 2.97. The lowest BCUT2D eigenvalue weighted by atomic mass is 9.82. The van der Waals surface area contributed by atoms with E-state index in [4.69, 9.17) is 0 Å².